The number of nitrogens with zero attached hydrogens (tertiary/aromatic N) is 1. The van der Waals surface area contributed by atoms with Crippen molar-refractivity contribution in [1.82, 2.24) is 4.31 Å². The molecule has 0 saturated carbocycles. The fourth-order valence-corrected chi connectivity index (χ4v) is 3.61. The molecule has 1 aromatic rings. The third-order valence-electron chi connectivity index (χ3n) is 2.81. The van der Waals surface area contributed by atoms with Gasteiger partial charge in [0.05, 0.1) is 11.5 Å². The molecule has 0 aliphatic heterocycles. The first-order valence-corrected chi connectivity index (χ1v) is 8.23. The van der Waals surface area contributed by atoms with Gasteiger partial charge in [-0.05, 0) is 44.5 Å². The van der Waals surface area contributed by atoms with Crippen LogP contribution in [0.4, 0.5) is 0 Å². The first-order valence-electron chi connectivity index (χ1n) is 6.79. The first kappa shape index (κ1) is 16.9. The lowest BCUT2D eigenvalue weighted by Gasteiger charge is -2.25. The van der Waals surface area contributed by atoms with Gasteiger partial charge in [0.25, 0.3) is 0 Å². The van der Waals surface area contributed by atoms with Gasteiger partial charge in [-0.3, -0.25) is 0 Å². The van der Waals surface area contributed by atoms with E-state index in [1.54, 1.807) is 12.1 Å². The molecule has 5 nitrogen and oxygen atoms in total. The maximum atomic E-state index is 12.5. The Kier molecular flexibility index (Phi) is 6.45. The lowest BCUT2D eigenvalue weighted by molar-refractivity contribution is 0.201. The van der Waals surface area contributed by atoms with E-state index in [9.17, 15) is 8.42 Å². The quantitative estimate of drug-likeness (QED) is 0.796. The molecule has 0 heterocycles. The predicted octanol–water partition coefficient (Wildman–Crippen LogP) is 1.87. The number of hydrogen-bond acceptors (Lipinski definition) is 4. The number of sulfonamides is 1. The summed E-state index contributed by atoms with van der Waals surface area (Å²) < 4.78 is 31.8. The lowest BCUT2D eigenvalue weighted by Crippen LogP contribution is -2.37. The minimum atomic E-state index is -3.47. The first-order chi connectivity index (χ1) is 9.43. The van der Waals surface area contributed by atoms with Crippen molar-refractivity contribution in [1.29, 1.82) is 0 Å². The van der Waals surface area contributed by atoms with Crippen LogP contribution in [0.2, 0.25) is 0 Å². The van der Waals surface area contributed by atoms with Gasteiger partial charge in [-0.2, -0.15) is 4.31 Å². The number of benzene rings is 1. The van der Waals surface area contributed by atoms with E-state index >= 15 is 0 Å². The topological polar surface area (TPSA) is 66.8 Å². The highest BCUT2D eigenvalue weighted by atomic mass is 32.2. The average Bonchev–Trinajstić information content (AvgIpc) is 2.42. The van der Waals surface area contributed by atoms with Gasteiger partial charge >= 0.3 is 0 Å². The Morgan fingerprint density at radius 2 is 1.85 bits per heavy atom. The number of ether oxygens (including phenoxy) is 1. The van der Waals surface area contributed by atoms with Crippen molar-refractivity contribution < 1.29 is 18.3 Å². The van der Waals surface area contributed by atoms with Crippen LogP contribution in [0.1, 0.15) is 27.2 Å². The standard InChI is InChI=1S/C14H23NO4S/c1-4-9-15(12(2)3)20(17,18)14-7-5-13(6-8-14)19-11-10-16/h5-8,12,16H,4,9-11H2,1-3H3. The molecule has 0 atom stereocenters. The highest BCUT2D eigenvalue weighted by Gasteiger charge is 2.25. The highest BCUT2D eigenvalue weighted by molar-refractivity contribution is 7.89. The zero-order chi connectivity index (χ0) is 15.2. The molecule has 0 spiro atoms. The molecule has 0 unspecified atom stereocenters. The second-order valence-corrected chi connectivity index (χ2v) is 6.64. The maximum Gasteiger partial charge on any atom is 0.243 e. The van der Waals surface area contributed by atoms with Crippen LogP contribution in [0, 0.1) is 0 Å². The summed E-state index contributed by atoms with van der Waals surface area (Å²) in [5.41, 5.74) is 0. The SMILES string of the molecule is CCCN(C(C)C)S(=O)(=O)c1ccc(OCCO)cc1. The van der Waals surface area contributed by atoms with E-state index in [1.165, 1.54) is 16.4 Å². The van der Waals surface area contributed by atoms with E-state index < -0.39 is 10.0 Å². The molecule has 0 aliphatic carbocycles. The third-order valence-corrected chi connectivity index (χ3v) is 4.90. The Labute approximate surface area is 121 Å². The Morgan fingerprint density at radius 3 is 2.30 bits per heavy atom. The maximum absolute atomic E-state index is 12.5. The van der Waals surface area contributed by atoms with E-state index in [1.807, 2.05) is 20.8 Å². The summed E-state index contributed by atoms with van der Waals surface area (Å²) in [5, 5.41) is 8.68. The van der Waals surface area contributed by atoms with Gasteiger partial charge in [-0.25, -0.2) is 8.42 Å². The Bertz CT molecular complexity index is 496. The van der Waals surface area contributed by atoms with Crippen LogP contribution in [-0.2, 0) is 10.0 Å². The van der Waals surface area contributed by atoms with Crippen molar-refractivity contribution in [2.24, 2.45) is 0 Å². The van der Waals surface area contributed by atoms with Gasteiger partial charge in [0.1, 0.15) is 12.4 Å². The molecule has 20 heavy (non-hydrogen) atoms. The van der Waals surface area contributed by atoms with Crippen LogP contribution in [0.15, 0.2) is 29.2 Å². The van der Waals surface area contributed by atoms with Crippen LogP contribution < -0.4 is 4.74 Å². The third kappa shape index (κ3) is 4.19. The average molecular weight is 301 g/mol. The van der Waals surface area contributed by atoms with Crippen molar-refractivity contribution >= 4 is 10.0 Å². The number of aliphatic hydroxyl groups is 1. The van der Waals surface area contributed by atoms with Crippen molar-refractivity contribution in [3.63, 3.8) is 0 Å². The monoisotopic (exact) mass is 301 g/mol. The Hall–Kier alpha value is -1.11. The molecule has 0 radical (unpaired) electrons. The fraction of sp³-hybridized carbons (Fsp3) is 0.571. The van der Waals surface area contributed by atoms with Crippen LogP contribution in [0.5, 0.6) is 5.75 Å². The second kappa shape index (κ2) is 7.61. The molecule has 1 rings (SSSR count). The van der Waals surface area contributed by atoms with Crippen LogP contribution >= 0.6 is 0 Å². The lowest BCUT2D eigenvalue weighted by atomic mass is 10.3. The molecule has 1 aromatic carbocycles. The van der Waals surface area contributed by atoms with E-state index in [-0.39, 0.29) is 24.2 Å². The number of hydrogen-bond donors (Lipinski definition) is 1. The molecule has 1 N–H and O–H groups in total. The fourth-order valence-electron chi connectivity index (χ4n) is 1.88. The molecule has 0 saturated heterocycles. The van der Waals surface area contributed by atoms with Crippen molar-refractivity contribution in [2.75, 3.05) is 19.8 Å². The molecule has 0 bridgehead atoms. The normalized spacial score (nSPS) is 12.1. The van der Waals surface area contributed by atoms with Crippen molar-refractivity contribution in [3.8, 4) is 5.75 Å². The summed E-state index contributed by atoms with van der Waals surface area (Å²) in [6, 6.07) is 6.20. The predicted molar refractivity (Wildman–Crippen MR) is 78.3 cm³/mol. The minimum Gasteiger partial charge on any atom is -0.491 e. The van der Waals surface area contributed by atoms with Crippen LogP contribution in [0.3, 0.4) is 0 Å². The molecular formula is C14H23NO4S. The minimum absolute atomic E-state index is 0.0717. The van der Waals surface area contributed by atoms with Gasteiger partial charge in [-0.15, -0.1) is 0 Å². The molecule has 0 amide bonds. The molecule has 0 aromatic heterocycles. The van der Waals surface area contributed by atoms with E-state index in [4.69, 9.17) is 9.84 Å². The summed E-state index contributed by atoms with van der Waals surface area (Å²) in [4.78, 5) is 0.260. The zero-order valence-corrected chi connectivity index (χ0v) is 13.1. The largest absolute Gasteiger partial charge is 0.491 e. The van der Waals surface area contributed by atoms with Crippen LogP contribution in [-0.4, -0.2) is 43.6 Å². The second-order valence-electron chi connectivity index (χ2n) is 4.75. The van der Waals surface area contributed by atoms with E-state index in [0.717, 1.165) is 6.42 Å². The molecule has 114 valence electrons. The van der Waals surface area contributed by atoms with Gasteiger partial charge in [0, 0.05) is 12.6 Å². The van der Waals surface area contributed by atoms with Crippen molar-refractivity contribution in [2.45, 2.75) is 38.1 Å². The molecule has 6 heteroatoms. The van der Waals surface area contributed by atoms with Crippen molar-refractivity contribution in [3.05, 3.63) is 24.3 Å². The van der Waals surface area contributed by atoms with Gasteiger partial charge < -0.3 is 9.84 Å². The summed E-state index contributed by atoms with van der Waals surface area (Å²) in [5.74, 6) is 0.546. The van der Waals surface area contributed by atoms with Gasteiger partial charge in [0.15, 0.2) is 0 Å². The molecule has 0 fully saturated rings. The number of aliphatic hydroxyl groups excluding tert-OH is 1. The van der Waals surface area contributed by atoms with E-state index in [0.29, 0.717) is 12.3 Å². The summed E-state index contributed by atoms with van der Waals surface area (Å²) in [7, 11) is -3.47. The van der Waals surface area contributed by atoms with Gasteiger partial charge in [-0.1, -0.05) is 6.92 Å². The van der Waals surface area contributed by atoms with E-state index in [2.05, 4.69) is 0 Å². The summed E-state index contributed by atoms with van der Waals surface area (Å²) in [6.07, 6.45) is 0.773. The van der Waals surface area contributed by atoms with Gasteiger partial charge in [0.2, 0.25) is 10.0 Å². The zero-order valence-electron chi connectivity index (χ0n) is 12.2. The summed E-state index contributed by atoms with van der Waals surface area (Å²) >= 11 is 0. The smallest absolute Gasteiger partial charge is 0.243 e. The summed E-state index contributed by atoms with van der Waals surface area (Å²) in [6.45, 7) is 6.31. The van der Waals surface area contributed by atoms with Crippen LogP contribution in [0.25, 0.3) is 0 Å². The molecule has 0 aliphatic rings. The Balaban J connectivity index is 2.96. The highest BCUT2D eigenvalue weighted by Crippen LogP contribution is 2.21. The number of rotatable bonds is 8. The Morgan fingerprint density at radius 1 is 1.25 bits per heavy atom. The molecular weight excluding hydrogens is 278 g/mol.